The fourth-order valence-electron chi connectivity index (χ4n) is 3.39. The second-order valence-corrected chi connectivity index (χ2v) is 6.68. The van der Waals surface area contributed by atoms with Crippen LogP contribution in [0.4, 0.5) is 0 Å². The Morgan fingerprint density at radius 2 is 1.70 bits per heavy atom. The van der Waals surface area contributed by atoms with Gasteiger partial charge in [-0.2, -0.15) is 0 Å². The second kappa shape index (κ2) is 7.67. The third-order valence-corrected chi connectivity index (χ3v) is 4.79. The number of oxazole rings is 1. The van der Waals surface area contributed by atoms with E-state index in [1.54, 1.807) is 7.11 Å². The van der Waals surface area contributed by atoms with Crippen LogP contribution in [0.25, 0.3) is 33.7 Å². The van der Waals surface area contributed by atoms with Gasteiger partial charge in [0.25, 0.3) is 0 Å². The van der Waals surface area contributed by atoms with Gasteiger partial charge in [-0.25, -0.2) is 4.98 Å². The molecule has 0 fully saturated rings. The van der Waals surface area contributed by atoms with Crippen LogP contribution in [-0.2, 0) is 6.42 Å². The van der Waals surface area contributed by atoms with Gasteiger partial charge in [-0.1, -0.05) is 49.7 Å². The molecule has 136 valence electrons. The maximum absolute atomic E-state index is 6.16. The van der Waals surface area contributed by atoms with E-state index in [0.29, 0.717) is 5.89 Å². The lowest BCUT2D eigenvalue weighted by atomic mass is 9.98. The Labute approximate surface area is 159 Å². The molecule has 1 heterocycles. The highest BCUT2D eigenvalue weighted by Gasteiger charge is 2.16. The van der Waals surface area contributed by atoms with E-state index in [1.165, 1.54) is 5.56 Å². The van der Waals surface area contributed by atoms with Gasteiger partial charge in [0.1, 0.15) is 11.3 Å². The molecule has 0 aliphatic carbocycles. The summed E-state index contributed by atoms with van der Waals surface area (Å²) >= 11 is 0. The molecule has 0 aliphatic rings. The third-order valence-electron chi connectivity index (χ3n) is 4.79. The van der Waals surface area contributed by atoms with Gasteiger partial charge in [-0.3, -0.25) is 0 Å². The van der Waals surface area contributed by atoms with Crippen LogP contribution >= 0.6 is 0 Å². The highest BCUT2D eigenvalue weighted by atomic mass is 16.5. The molecule has 3 nitrogen and oxygen atoms in total. The first kappa shape index (κ1) is 17.3. The number of hydrogen-bond acceptors (Lipinski definition) is 3. The lowest BCUT2D eigenvalue weighted by Gasteiger charge is -2.10. The van der Waals surface area contributed by atoms with E-state index in [2.05, 4.69) is 25.1 Å². The SMILES string of the molecule is CCCCc1cc(-c2ccccc2OC)c2nc(-c3ccccc3)oc2c1. The van der Waals surface area contributed by atoms with E-state index < -0.39 is 0 Å². The fraction of sp³-hybridized carbons (Fsp3) is 0.208. The lowest BCUT2D eigenvalue weighted by Crippen LogP contribution is -1.91. The normalized spacial score (nSPS) is 11.0. The number of para-hydroxylation sites is 1. The first-order chi connectivity index (χ1) is 13.3. The molecule has 0 amide bonds. The molecule has 4 rings (SSSR count). The zero-order valence-corrected chi connectivity index (χ0v) is 15.7. The Balaban J connectivity index is 1.93. The molecule has 4 aromatic rings. The molecule has 27 heavy (non-hydrogen) atoms. The van der Waals surface area contributed by atoms with Crippen LogP contribution in [0.2, 0.25) is 0 Å². The minimum atomic E-state index is 0.648. The number of rotatable bonds is 6. The van der Waals surface area contributed by atoms with Crippen molar-refractivity contribution in [3.63, 3.8) is 0 Å². The topological polar surface area (TPSA) is 35.3 Å². The van der Waals surface area contributed by atoms with Gasteiger partial charge in [0.2, 0.25) is 5.89 Å². The van der Waals surface area contributed by atoms with Gasteiger partial charge in [0, 0.05) is 16.7 Å². The molecule has 0 bridgehead atoms. The van der Waals surface area contributed by atoms with Crippen molar-refractivity contribution in [1.29, 1.82) is 0 Å². The van der Waals surface area contributed by atoms with Gasteiger partial charge in [0.05, 0.1) is 7.11 Å². The number of benzene rings is 3. The number of hydrogen-bond donors (Lipinski definition) is 0. The Kier molecular flexibility index (Phi) is 4.93. The minimum absolute atomic E-state index is 0.648. The molecular weight excluding hydrogens is 334 g/mol. The molecule has 0 N–H and O–H groups in total. The summed E-state index contributed by atoms with van der Waals surface area (Å²) < 4.78 is 11.8. The summed E-state index contributed by atoms with van der Waals surface area (Å²) in [5, 5.41) is 0. The molecule has 0 radical (unpaired) electrons. The van der Waals surface area contributed by atoms with E-state index >= 15 is 0 Å². The highest BCUT2D eigenvalue weighted by molar-refractivity contribution is 5.94. The zero-order chi connectivity index (χ0) is 18.6. The van der Waals surface area contributed by atoms with Gasteiger partial charge >= 0.3 is 0 Å². The Morgan fingerprint density at radius 3 is 2.48 bits per heavy atom. The molecule has 0 unspecified atom stereocenters. The standard InChI is InChI=1S/C24H23NO2/c1-3-4-10-17-15-20(19-13-8-9-14-21(19)26-2)23-22(16-17)27-24(25-23)18-11-6-5-7-12-18/h5-9,11-16H,3-4,10H2,1-2H3. The molecule has 3 aromatic carbocycles. The Hall–Kier alpha value is -3.07. The van der Waals surface area contributed by atoms with Crippen LogP contribution in [0.15, 0.2) is 71.1 Å². The summed E-state index contributed by atoms with van der Waals surface area (Å²) in [6, 6.07) is 22.5. The second-order valence-electron chi connectivity index (χ2n) is 6.68. The molecular formula is C24H23NO2. The molecule has 3 heteroatoms. The van der Waals surface area contributed by atoms with Crippen LogP contribution in [0.1, 0.15) is 25.3 Å². The summed E-state index contributed by atoms with van der Waals surface area (Å²) in [7, 11) is 1.70. The summed E-state index contributed by atoms with van der Waals surface area (Å²) in [5.74, 6) is 1.49. The number of ether oxygens (including phenoxy) is 1. The molecule has 0 saturated carbocycles. The van der Waals surface area contributed by atoms with Crippen LogP contribution in [0.3, 0.4) is 0 Å². The van der Waals surface area contributed by atoms with E-state index in [4.69, 9.17) is 14.1 Å². The van der Waals surface area contributed by atoms with Crippen LogP contribution < -0.4 is 4.74 Å². The van der Waals surface area contributed by atoms with Gasteiger partial charge in [0.15, 0.2) is 5.58 Å². The number of aromatic nitrogens is 1. The predicted molar refractivity (Wildman–Crippen MR) is 110 cm³/mol. The van der Waals surface area contributed by atoms with E-state index in [1.807, 2.05) is 48.5 Å². The van der Waals surface area contributed by atoms with Crippen molar-refractivity contribution < 1.29 is 9.15 Å². The van der Waals surface area contributed by atoms with Crippen LogP contribution in [0.5, 0.6) is 5.75 Å². The number of aryl methyl sites for hydroxylation is 1. The molecule has 1 aromatic heterocycles. The van der Waals surface area contributed by atoms with Gasteiger partial charge < -0.3 is 9.15 Å². The summed E-state index contributed by atoms with van der Waals surface area (Å²) in [4.78, 5) is 4.83. The lowest BCUT2D eigenvalue weighted by molar-refractivity contribution is 0.416. The largest absolute Gasteiger partial charge is 0.496 e. The van der Waals surface area contributed by atoms with Crippen LogP contribution in [-0.4, -0.2) is 12.1 Å². The zero-order valence-electron chi connectivity index (χ0n) is 15.7. The first-order valence-electron chi connectivity index (χ1n) is 9.42. The van der Waals surface area contributed by atoms with E-state index in [0.717, 1.165) is 52.8 Å². The summed E-state index contributed by atoms with van der Waals surface area (Å²) in [5.41, 5.74) is 6.04. The highest BCUT2D eigenvalue weighted by Crippen LogP contribution is 2.37. The Morgan fingerprint density at radius 1 is 0.926 bits per heavy atom. The summed E-state index contributed by atoms with van der Waals surface area (Å²) in [6.45, 7) is 2.21. The van der Waals surface area contributed by atoms with Gasteiger partial charge in [-0.05, 0) is 48.7 Å². The molecule has 0 spiro atoms. The van der Waals surface area contributed by atoms with Crippen molar-refractivity contribution in [1.82, 2.24) is 4.98 Å². The average molecular weight is 357 g/mol. The summed E-state index contributed by atoms with van der Waals surface area (Å²) in [6.07, 6.45) is 3.33. The van der Waals surface area contributed by atoms with Crippen molar-refractivity contribution in [2.75, 3.05) is 7.11 Å². The van der Waals surface area contributed by atoms with Crippen molar-refractivity contribution in [3.8, 4) is 28.3 Å². The van der Waals surface area contributed by atoms with Gasteiger partial charge in [-0.15, -0.1) is 0 Å². The quantitative estimate of drug-likeness (QED) is 0.394. The first-order valence-corrected chi connectivity index (χ1v) is 9.42. The van der Waals surface area contributed by atoms with Crippen molar-refractivity contribution in [2.24, 2.45) is 0 Å². The number of nitrogens with zero attached hydrogens (tertiary/aromatic N) is 1. The number of fused-ring (bicyclic) bond motifs is 1. The molecule has 0 atom stereocenters. The molecule has 0 aliphatic heterocycles. The monoisotopic (exact) mass is 357 g/mol. The predicted octanol–water partition coefficient (Wildman–Crippen LogP) is 6.51. The molecule has 0 saturated heterocycles. The minimum Gasteiger partial charge on any atom is -0.496 e. The van der Waals surface area contributed by atoms with Crippen LogP contribution in [0, 0.1) is 0 Å². The number of unbranched alkanes of at least 4 members (excludes halogenated alkanes) is 1. The van der Waals surface area contributed by atoms with Crippen molar-refractivity contribution in [2.45, 2.75) is 26.2 Å². The number of methoxy groups -OCH3 is 1. The Bertz CT molecular complexity index is 1050. The van der Waals surface area contributed by atoms with E-state index in [9.17, 15) is 0 Å². The smallest absolute Gasteiger partial charge is 0.227 e. The maximum Gasteiger partial charge on any atom is 0.227 e. The van der Waals surface area contributed by atoms with Crippen molar-refractivity contribution in [3.05, 3.63) is 72.3 Å². The average Bonchev–Trinajstić information content (AvgIpc) is 3.16. The van der Waals surface area contributed by atoms with E-state index in [-0.39, 0.29) is 0 Å². The third kappa shape index (κ3) is 3.45. The van der Waals surface area contributed by atoms with Crippen molar-refractivity contribution >= 4 is 11.1 Å². The fourth-order valence-corrected chi connectivity index (χ4v) is 3.39. The maximum atomic E-state index is 6.16.